The van der Waals surface area contributed by atoms with Crippen molar-refractivity contribution in [3.8, 4) is 0 Å². The number of halogens is 1. The summed E-state index contributed by atoms with van der Waals surface area (Å²) < 4.78 is 14.5. The first-order chi connectivity index (χ1) is 15.4. The highest BCUT2D eigenvalue weighted by atomic mass is 19.1. The largest absolute Gasteiger partial charge is 0.481 e. The van der Waals surface area contributed by atoms with Crippen LogP contribution in [0.4, 0.5) is 4.39 Å². The SMILES string of the molecule is O=C(O)CCN1CCN(C(=O)c2cc(Cc3n[nH]c(=O)c4ccccc34)ccc2F)CC1. The highest BCUT2D eigenvalue weighted by Gasteiger charge is 2.24. The molecule has 2 heterocycles. The van der Waals surface area contributed by atoms with Crippen LogP contribution < -0.4 is 5.56 Å². The van der Waals surface area contributed by atoms with E-state index in [1.807, 2.05) is 17.0 Å². The number of nitrogens with zero attached hydrogens (tertiary/aromatic N) is 3. The fraction of sp³-hybridized carbons (Fsp3) is 0.304. The lowest BCUT2D eigenvalue weighted by atomic mass is 10.0. The number of benzene rings is 2. The zero-order valence-corrected chi connectivity index (χ0v) is 17.4. The number of nitrogens with one attached hydrogen (secondary N) is 1. The fourth-order valence-corrected chi connectivity index (χ4v) is 3.94. The minimum Gasteiger partial charge on any atom is -0.481 e. The molecule has 1 saturated heterocycles. The van der Waals surface area contributed by atoms with E-state index in [2.05, 4.69) is 10.2 Å². The average Bonchev–Trinajstić information content (AvgIpc) is 2.81. The molecule has 1 fully saturated rings. The number of piperazine rings is 1. The molecule has 0 radical (unpaired) electrons. The third kappa shape index (κ3) is 4.67. The maximum absolute atomic E-state index is 14.5. The van der Waals surface area contributed by atoms with Crippen molar-refractivity contribution < 1.29 is 19.1 Å². The second kappa shape index (κ2) is 9.27. The maximum Gasteiger partial charge on any atom is 0.304 e. The van der Waals surface area contributed by atoms with Crippen molar-refractivity contribution in [2.45, 2.75) is 12.8 Å². The molecule has 1 aliphatic heterocycles. The molecule has 3 aromatic rings. The third-order valence-electron chi connectivity index (χ3n) is 5.71. The van der Waals surface area contributed by atoms with Crippen LogP contribution in [0.25, 0.3) is 10.8 Å². The zero-order chi connectivity index (χ0) is 22.7. The van der Waals surface area contributed by atoms with Gasteiger partial charge in [-0.1, -0.05) is 24.3 Å². The van der Waals surface area contributed by atoms with Crippen LogP contribution in [0.1, 0.15) is 28.0 Å². The van der Waals surface area contributed by atoms with Gasteiger partial charge in [0.1, 0.15) is 5.82 Å². The van der Waals surface area contributed by atoms with Crippen molar-refractivity contribution in [3.05, 3.63) is 75.5 Å². The van der Waals surface area contributed by atoms with Gasteiger partial charge in [0.2, 0.25) is 0 Å². The molecule has 2 N–H and O–H groups in total. The van der Waals surface area contributed by atoms with Crippen LogP contribution in [0.5, 0.6) is 0 Å². The number of aromatic nitrogens is 2. The molecule has 166 valence electrons. The number of rotatable bonds is 6. The Balaban J connectivity index is 1.50. The number of aromatic amines is 1. The summed E-state index contributed by atoms with van der Waals surface area (Å²) >= 11 is 0. The Morgan fingerprint density at radius 3 is 2.50 bits per heavy atom. The number of carboxylic acid groups (broad SMARTS) is 1. The van der Waals surface area contributed by atoms with Crippen LogP contribution in [0, 0.1) is 5.82 Å². The highest BCUT2D eigenvalue weighted by molar-refractivity contribution is 5.95. The first kappa shape index (κ1) is 21.6. The van der Waals surface area contributed by atoms with Crippen LogP contribution in [0.3, 0.4) is 0 Å². The minimum atomic E-state index is -0.854. The van der Waals surface area contributed by atoms with E-state index in [-0.39, 0.29) is 23.5 Å². The van der Waals surface area contributed by atoms with Crippen LogP contribution in [0.2, 0.25) is 0 Å². The minimum absolute atomic E-state index is 0.00443. The fourth-order valence-electron chi connectivity index (χ4n) is 3.94. The molecule has 2 aromatic carbocycles. The van der Waals surface area contributed by atoms with Gasteiger partial charge in [-0.25, -0.2) is 9.49 Å². The number of H-pyrrole nitrogens is 1. The van der Waals surface area contributed by atoms with Crippen molar-refractivity contribution in [2.75, 3.05) is 32.7 Å². The quantitative estimate of drug-likeness (QED) is 0.609. The van der Waals surface area contributed by atoms with E-state index < -0.39 is 11.8 Å². The molecule has 8 nitrogen and oxygen atoms in total. The van der Waals surface area contributed by atoms with Crippen LogP contribution in [-0.4, -0.2) is 69.7 Å². The van der Waals surface area contributed by atoms with Gasteiger partial charge in [0.15, 0.2) is 0 Å². The predicted molar refractivity (Wildman–Crippen MR) is 116 cm³/mol. The van der Waals surface area contributed by atoms with Gasteiger partial charge in [-0.3, -0.25) is 19.3 Å². The van der Waals surface area contributed by atoms with Gasteiger partial charge in [0, 0.05) is 44.5 Å². The van der Waals surface area contributed by atoms with Gasteiger partial charge >= 0.3 is 5.97 Å². The lowest BCUT2D eigenvalue weighted by Crippen LogP contribution is -2.49. The monoisotopic (exact) mass is 438 g/mol. The van der Waals surface area contributed by atoms with Crippen molar-refractivity contribution in [3.63, 3.8) is 0 Å². The number of hydrogen-bond acceptors (Lipinski definition) is 5. The number of amides is 1. The van der Waals surface area contributed by atoms with Crippen molar-refractivity contribution in [1.29, 1.82) is 0 Å². The molecular weight excluding hydrogens is 415 g/mol. The van der Waals surface area contributed by atoms with Gasteiger partial charge < -0.3 is 10.0 Å². The molecule has 0 bridgehead atoms. The van der Waals surface area contributed by atoms with Crippen LogP contribution >= 0.6 is 0 Å². The Morgan fingerprint density at radius 1 is 1.06 bits per heavy atom. The maximum atomic E-state index is 14.5. The lowest BCUT2D eigenvalue weighted by molar-refractivity contribution is -0.137. The van der Waals surface area contributed by atoms with E-state index in [4.69, 9.17) is 5.11 Å². The van der Waals surface area contributed by atoms with Crippen LogP contribution in [-0.2, 0) is 11.2 Å². The van der Waals surface area contributed by atoms with E-state index in [0.29, 0.717) is 61.2 Å². The zero-order valence-electron chi connectivity index (χ0n) is 17.4. The number of hydrogen-bond donors (Lipinski definition) is 2. The molecule has 0 atom stereocenters. The van der Waals surface area contributed by atoms with Crippen molar-refractivity contribution in [2.24, 2.45) is 0 Å². The van der Waals surface area contributed by atoms with Gasteiger partial charge in [0.05, 0.1) is 23.1 Å². The standard InChI is InChI=1S/C23H23FN4O4/c24-19-6-5-15(14-20-16-3-1-2-4-17(16)22(31)26-25-20)13-18(19)23(32)28-11-9-27(10-12-28)8-7-21(29)30/h1-6,13H,7-12,14H2,(H,26,31)(H,29,30). The van der Waals surface area contributed by atoms with E-state index in [1.54, 1.807) is 23.1 Å². The number of carboxylic acids is 1. The van der Waals surface area contributed by atoms with Crippen molar-refractivity contribution >= 4 is 22.6 Å². The summed E-state index contributed by atoms with van der Waals surface area (Å²) in [5.41, 5.74) is 1.06. The van der Waals surface area contributed by atoms with E-state index in [0.717, 1.165) is 0 Å². The molecule has 4 rings (SSSR count). The van der Waals surface area contributed by atoms with Gasteiger partial charge in [0.25, 0.3) is 11.5 Å². The van der Waals surface area contributed by atoms with Gasteiger partial charge in [-0.2, -0.15) is 5.10 Å². The number of carbonyl (C=O) groups is 2. The van der Waals surface area contributed by atoms with E-state index in [9.17, 15) is 18.8 Å². The molecule has 1 aromatic heterocycles. The molecule has 1 amide bonds. The Kier molecular flexibility index (Phi) is 6.27. The van der Waals surface area contributed by atoms with Gasteiger partial charge in [-0.05, 0) is 23.8 Å². The van der Waals surface area contributed by atoms with E-state index in [1.165, 1.54) is 12.1 Å². The second-order valence-electron chi connectivity index (χ2n) is 7.81. The van der Waals surface area contributed by atoms with Crippen LogP contribution in [0.15, 0.2) is 47.3 Å². The van der Waals surface area contributed by atoms with Crippen molar-refractivity contribution in [1.82, 2.24) is 20.0 Å². The molecule has 0 aliphatic carbocycles. The summed E-state index contributed by atoms with van der Waals surface area (Å²) in [7, 11) is 0. The number of carbonyl (C=O) groups excluding carboxylic acids is 1. The molecule has 9 heteroatoms. The third-order valence-corrected chi connectivity index (χ3v) is 5.71. The second-order valence-corrected chi connectivity index (χ2v) is 7.81. The first-order valence-electron chi connectivity index (χ1n) is 10.4. The summed E-state index contributed by atoms with van der Waals surface area (Å²) in [6.45, 7) is 2.35. The Hall–Kier alpha value is -3.59. The Morgan fingerprint density at radius 2 is 1.78 bits per heavy atom. The number of fused-ring (bicyclic) bond motifs is 1. The highest BCUT2D eigenvalue weighted by Crippen LogP contribution is 2.20. The average molecular weight is 438 g/mol. The smallest absolute Gasteiger partial charge is 0.304 e. The molecule has 32 heavy (non-hydrogen) atoms. The molecular formula is C23H23FN4O4. The summed E-state index contributed by atoms with van der Waals surface area (Å²) in [6, 6.07) is 11.6. The molecule has 0 saturated carbocycles. The number of aliphatic carboxylic acids is 1. The molecule has 1 aliphatic rings. The topological polar surface area (TPSA) is 107 Å². The lowest BCUT2D eigenvalue weighted by Gasteiger charge is -2.34. The summed E-state index contributed by atoms with van der Waals surface area (Å²) in [5.74, 6) is -1.83. The van der Waals surface area contributed by atoms with Gasteiger partial charge in [-0.15, -0.1) is 0 Å². The normalized spacial score (nSPS) is 14.6. The Bertz CT molecular complexity index is 1220. The summed E-state index contributed by atoms with van der Waals surface area (Å²) in [5, 5.41) is 16.7. The van der Waals surface area contributed by atoms with E-state index >= 15 is 0 Å². The molecule has 0 unspecified atom stereocenters. The summed E-state index contributed by atoms with van der Waals surface area (Å²) in [4.78, 5) is 39.3. The Labute approximate surface area is 183 Å². The molecule has 0 spiro atoms. The first-order valence-corrected chi connectivity index (χ1v) is 10.4. The predicted octanol–water partition coefficient (Wildman–Crippen LogP) is 1.89. The summed E-state index contributed by atoms with van der Waals surface area (Å²) in [6.07, 6.45) is 0.388.